The van der Waals surface area contributed by atoms with Crippen LogP contribution < -0.4 is 14.5 Å². The molecular formula is C23H26F3N3O. The van der Waals surface area contributed by atoms with E-state index in [-0.39, 0.29) is 5.75 Å². The minimum absolute atomic E-state index is 0.0872. The number of hydrogen-bond donors (Lipinski definition) is 0. The smallest absolute Gasteiger partial charge is 0.406 e. The van der Waals surface area contributed by atoms with Crippen LogP contribution >= 0.6 is 0 Å². The molecule has 30 heavy (non-hydrogen) atoms. The van der Waals surface area contributed by atoms with E-state index in [1.807, 2.05) is 0 Å². The fraction of sp³-hybridized carbons (Fsp3) is 0.478. The summed E-state index contributed by atoms with van der Waals surface area (Å²) in [5, 5.41) is 0. The number of benzene rings is 2. The number of hydrogen-bond acceptors (Lipinski definition) is 4. The lowest BCUT2D eigenvalue weighted by molar-refractivity contribution is -0.274. The standard InChI is InChI=1S/C23H26F3N3O/c1-27-13-14-29-19-10-12-28(15-18(19)17-6-4-7-20(27)22(17)29)11-9-16-5-2-3-8-21(16)30-23(24,25)26/h2-8,18-19H,9-15H2,1H3/t18-,19-/m0/s1. The summed E-state index contributed by atoms with van der Waals surface area (Å²) >= 11 is 0. The third kappa shape index (κ3) is 3.49. The molecule has 4 nitrogen and oxygen atoms in total. The van der Waals surface area contributed by atoms with Crippen LogP contribution in [0.4, 0.5) is 24.5 Å². The number of piperidine rings is 1. The van der Waals surface area contributed by atoms with Crippen LogP contribution in [0.25, 0.3) is 0 Å². The molecule has 0 unspecified atom stereocenters. The Bertz CT molecular complexity index is 932. The van der Waals surface area contributed by atoms with Crippen molar-refractivity contribution in [2.75, 3.05) is 49.6 Å². The maximum absolute atomic E-state index is 12.7. The molecular weight excluding hydrogens is 391 g/mol. The summed E-state index contributed by atoms with van der Waals surface area (Å²) in [4.78, 5) is 7.33. The van der Waals surface area contributed by atoms with Crippen molar-refractivity contribution >= 4 is 11.4 Å². The molecule has 0 aliphatic carbocycles. The average Bonchev–Trinajstić information content (AvgIpc) is 3.03. The van der Waals surface area contributed by atoms with E-state index in [2.05, 4.69) is 44.7 Å². The molecule has 0 spiro atoms. The van der Waals surface area contributed by atoms with Crippen molar-refractivity contribution in [3.8, 4) is 5.75 Å². The van der Waals surface area contributed by atoms with E-state index in [0.717, 1.165) is 39.1 Å². The number of nitrogens with zero attached hydrogens (tertiary/aromatic N) is 3. The number of anilines is 2. The summed E-state index contributed by atoms with van der Waals surface area (Å²) in [6.45, 7) is 4.75. The monoisotopic (exact) mass is 417 g/mol. The molecule has 3 aliphatic rings. The molecule has 3 aliphatic heterocycles. The van der Waals surface area contributed by atoms with E-state index < -0.39 is 6.36 Å². The van der Waals surface area contributed by atoms with Gasteiger partial charge in [-0.1, -0.05) is 30.3 Å². The quantitative estimate of drug-likeness (QED) is 0.740. The van der Waals surface area contributed by atoms with E-state index in [1.54, 1.807) is 18.2 Å². The zero-order valence-electron chi connectivity index (χ0n) is 17.0. The van der Waals surface area contributed by atoms with Crippen molar-refractivity contribution in [2.45, 2.75) is 31.2 Å². The summed E-state index contributed by atoms with van der Waals surface area (Å²) in [6, 6.07) is 13.6. The van der Waals surface area contributed by atoms with Crippen molar-refractivity contribution in [1.29, 1.82) is 0 Å². The van der Waals surface area contributed by atoms with Gasteiger partial charge in [0.2, 0.25) is 0 Å². The minimum Gasteiger partial charge on any atom is -0.406 e. The molecule has 5 rings (SSSR count). The highest BCUT2D eigenvalue weighted by atomic mass is 19.4. The fourth-order valence-electron chi connectivity index (χ4n) is 5.39. The summed E-state index contributed by atoms with van der Waals surface area (Å²) in [6.07, 6.45) is -3.03. The zero-order chi connectivity index (χ0) is 20.9. The number of likely N-dealkylation sites (N-methyl/N-ethyl adjacent to an activating group) is 1. The van der Waals surface area contributed by atoms with Crippen molar-refractivity contribution in [2.24, 2.45) is 0 Å². The second-order valence-electron chi connectivity index (χ2n) is 8.50. The van der Waals surface area contributed by atoms with Gasteiger partial charge in [-0.25, -0.2) is 0 Å². The van der Waals surface area contributed by atoms with E-state index in [1.165, 1.54) is 23.0 Å². The Labute approximate surface area is 174 Å². The largest absolute Gasteiger partial charge is 0.573 e. The van der Waals surface area contributed by atoms with Crippen LogP contribution in [0.2, 0.25) is 0 Å². The fourth-order valence-corrected chi connectivity index (χ4v) is 5.39. The zero-order valence-corrected chi connectivity index (χ0v) is 17.0. The van der Waals surface area contributed by atoms with Gasteiger partial charge in [0.1, 0.15) is 5.75 Å². The molecule has 3 heterocycles. The first-order chi connectivity index (χ1) is 14.4. The SMILES string of the molecule is CN1CCN2c3c(cccc31)[C@@H]1CN(CCc3ccccc3OC(F)(F)F)CC[C@@H]12. The van der Waals surface area contributed by atoms with E-state index >= 15 is 0 Å². The Morgan fingerprint density at radius 1 is 1.03 bits per heavy atom. The molecule has 0 radical (unpaired) electrons. The van der Waals surface area contributed by atoms with Gasteiger partial charge in [-0.3, -0.25) is 0 Å². The molecule has 1 saturated heterocycles. The van der Waals surface area contributed by atoms with Crippen LogP contribution in [0, 0.1) is 0 Å². The van der Waals surface area contributed by atoms with Crippen LogP contribution in [0.15, 0.2) is 42.5 Å². The Morgan fingerprint density at radius 2 is 1.87 bits per heavy atom. The van der Waals surface area contributed by atoms with Crippen molar-refractivity contribution in [3.05, 3.63) is 53.6 Å². The lowest BCUT2D eigenvalue weighted by Gasteiger charge is -2.41. The molecule has 0 amide bonds. The van der Waals surface area contributed by atoms with Gasteiger partial charge in [0.25, 0.3) is 0 Å². The predicted molar refractivity (Wildman–Crippen MR) is 111 cm³/mol. The second-order valence-corrected chi connectivity index (χ2v) is 8.50. The lowest BCUT2D eigenvalue weighted by Crippen LogP contribution is -2.49. The first-order valence-corrected chi connectivity index (χ1v) is 10.6. The van der Waals surface area contributed by atoms with Crippen LogP contribution in [0.1, 0.15) is 23.5 Å². The molecule has 0 N–H and O–H groups in total. The molecule has 7 heteroatoms. The van der Waals surface area contributed by atoms with Gasteiger partial charge in [-0.15, -0.1) is 13.2 Å². The Balaban J connectivity index is 1.30. The van der Waals surface area contributed by atoms with Gasteiger partial charge < -0.3 is 19.4 Å². The topological polar surface area (TPSA) is 19.0 Å². The number of fused-ring (bicyclic) bond motifs is 3. The molecule has 1 fully saturated rings. The number of likely N-dealkylation sites (tertiary alicyclic amines) is 1. The molecule has 2 aromatic carbocycles. The lowest BCUT2D eigenvalue weighted by atomic mass is 9.89. The van der Waals surface area contributed by atoms with Gasteiger partial charge in [0.15, 0.2) is 0 Å². The summed E-state index contributed by atoms with van der Waals surface area (Å²) < 4.78 is 42.3. The van der Waals surface area contributed by atoms with Crippen LogP contribution in [-0.2, 0) is 6.42 Å². The van der Waals surface area contributed by atoms with Gasteiger partial charge in [0, 0.05) is 51.7 Å². The van der Waals surface area contributed by atoms with Crippen molar-refractivity contribution in [1.82, 2.24) is 4.90 Å². The minimum atomic E-state index is -4.66. The van der Waals surface area contributed by atoms with Gasteiger partial charge >= 0.3 is 6.36 Å². The third-order valence-electron chi connectivity index (χ3n) is 6.78. The van der Waals surface area contributed by atoms with Crippen molar-refractivity contribution in [3.63, 3.8) is 0 Å². The summed E-state index contributed by atoms with van der Waals surface area (Å²) in [5.74, 6) is 0.373. The average molecular weight is 417 g/mol. The number of halogens is 3. The maximum atomic E-state index is 12.7. The van der Waals surface area contributed by atoms with Gasteiger partial charge in [-0.05, 0) is 36.1 Å². The molecule has 0 saturated carbocycles. The highest BCUT2D eigenvalue weighted by Crippen LogP contribution is 2.50. The molecule has 2 atom stereocenters. The highest BCUT2D eigenvalue weighted by Gasteiger charge is 2.44. The maximum Gasteiger partial charge on any atom is 0.573 e. The first-order valence-electron chi connectivity index (χ1n) is 10.6. The first kappa shape index (κ1) is 19.5. The Kier molecular flexibility index (Phi) is 4.81. The van der Waals surface area contributed by atoms with Crippen LogP contribution in [0.5, 0.6) is 5.75 Å². The second kappa shape index (κ2) is 7.38. The molecule has 160 valence electrons. The normalized spacial score (nSPS) is 23.3. The predicted octanol–water partition coefficient (Wildman–Crippen LogP) is 4.26. The number of para-hydroxylation sites is 2. The summed E-state index contributed by atoms with van der Waals surface area (Å²) in [7, 11) is 2.15. The van der Waals surface area contributed by atoms with Gasteiger partial charge in [0.05, 0.1) is 11.4 Å². The molecule has 0 bridgehead atoms. The van der Waals surface area contributed by atoms with Crippen LogP contribution in [-0.4, -0.2) is 57.1 Å². The van der Waals surface area contributed by atoms with Crippen molar-refractivity contribution < 1.29 is 17.9 Å². The van der Waals surface area contributed by atoms with Gasteiger partial charge in [-0.2, -0.15) is 0 Å². The van der Waals surface area contributed by atoms with E-state index in [4.69, 9.17) is 0 Å². The summed E-state index contributed by atoms with van der Waals surface area (Å²) in [5.41, 5.74) is 4.74. The van der Waals surface area contributed by atoms with Crippen LogP contribution in [0.3, 0.4) is 0 Å². The number of alkyl halides is 3. The molecule has 2 aromatic rings. The third-order valence-corrected chi connectivity index (χ3v) is 6.78. The Morgan fingerprint density at radius 3 is 2.70 bits per heavy atom. The van der Waals surface area contributed by atoms with E-state index in [0.29, 0.717) is 23.9 Å². The number of ether oxygens (including phenoxy) is 1. The number of rotatable bonds is 4. The Hall–Kier alpha value is -2.41. The molecule has 0 aromatic heterocycles. The van der Waals surface area contributed by atoms with E-state index in [9.17, 15) is 13.2 Å². The highest BCUT2D eigenvalue weighted by molar-refractivity contribution is 5.80.